The maximum absolute atomic E-state index is 12.8. The maximum Gasteiger partial charge on any atom is 0.257 e. The summed E-state index contributed by atoms with van der Waals surface area (Å²) in [5.41, 5.74) is 2.10. The normalized spacial score (nSPS) is 10.7. The van der Waals surface area contributed by atoms with Crippen molar-refractivity contribution in [3.63, 3.8) is 0 Å². The number of aromatic nitrogens is 1. The van der Waals surface area contributed by atoms with E-state index in [0.717, 1.165) is 5.56 Å². The third-order valence-electron chi connectivity index (χ3n) is 4.44. The smallest absolute Gasteiger partial charge is 0.257 e. The van der Waals surface area contributed by atoms with Gasteiger partial charge in [0.25, 0.3) is 5.91 Å². The summed E-state index contributed by atoms with van der Waals surface area (Å²) in [6.45, 7) is 2.08. The molecule has 6 nitrogen and oxygen atoms in total. The van der Waals surface area contributed by atoms with Crippen molar-refractivity contribution in [1.82, 2.24) is 10.5 Å². The summed E-state index contributed by atoms with van der Waals surface area (Å²) in [7, 11) is 3.17. The number of nitrogens with zero attached hydrogens (tertiary/aromatic N) is 1. The molecule has 2 aromatic carbocycles. The summed E-state index contributed by atoms with van der Waals surface area (Å²) in [5.74, 6) is 1.37. The van der Waals surface area contributed by atoms with E-state index in [0.29, 0.717) is 57.1 Å². The fourth-order valence-electron chi connectivity index (χ4n) is 2.98. The summed E-state index contributed by atoms with van der Waals surface area (Å²) >= 11 is 12.5. The Bertz CT molecular complexity index is 1010. The second-order valence-electron chi connectivity index (χ2n) is 6.25. The largest absolute Gasteiger partial charge is 0.493 e. The number of ether oxygens (including phenoxy) is 2. The van der Waals surface area contributed by atoms with Gasteiger partial charge in [-0.05, 0) is 43.2 Å². The molecule has 3 aromatic rings. The molecule has 1 amide bonds. The number of carbonyl (C=O) groups excluding carboxylic acids is 1. The van der Waals surface area contributed by atoms with Crippen LogP contribution in [0.4, 0.5) is 0 Å². The number of hydrogen-bond acceptors (Lipinski definition) is 5. The number of amides is 1. The van der Waals surface area contributed by atoms with Gasteiger partial charge in [-0.15, -0.1) is 0 Å². The van der Waals surface area contributed by atoms with Crippen LogP contribution in [0.25, 0.3) is 11.3 Å². The van der Waals surface area contributed by atoms with Gasteiger partial charge in [-0.25, -0.2) is 0 Å². The molecule has 3 rings (SSSR count). The fourth-order valence-corrected chi connectivity index (χ4v) is 3.56. The van der Waals surface area contributed by atoms with E-state index in [4.69, 9.17) is 37.2 Å². The molecule has 1 aromatic heterocycles. The molecule has 0 fully saturated rings. The first-order valence-electron chi connectivity index (χ1n) is 8.86. The highest BCUT2D eigenvalue weighted by atomic mass is 35.5. The molecule has 1 N–H and O–H groups in total. The Labute approximate surface area is 178 Å². The third-order valence-corrected chi connectivity index (χ3v) is 5.07. The topological polar surface area (TPSA) is 73.6 Å². The van der Waals surface area contributed by atoms with E-state index in [1.165, 1.54) is 0 Å². The van der Waals surface area contributed by atoms with Gasteiger partial charge in [-0.1, -0.05) is 40.5 Å². The van der Waals surface area contributed by atoms with Crippen molar-refractivity contribution in [2.75, 3.05) is 20.8 Å². The summed E-state index contributed by atoms with van der Waals surface area (Å²) in [6.07, 6.45) is 0.610. The van der Waals surface area contributed by atoms with Gasteiger partial charge in [0, 0.05) is 12.1 Å². The van der Waals surface area contributed by atoms with Gasteiger partial charge in [0.05, 0.1) is 24.3 Å². The lowest BCUT2D eigenvalue weighted by Gasteiger charge is -2.10. The minimum Gasteiger partial charge on any atom is -0.493 e. The van der Waals surface area contributed by atoms with Crippen molar-refractivity contribution in [3.8, 4) is 22.8 Å². The zero-order chi connectivity index (χ0) is 21.0. The molecule has 0 saturated heterocycles. The highest BCUT2D eigenvalue weighted by molar-refractivity contribution is 6.39. The first-order chi connectivity index (χ1) is 14.0. The molecule has 0 aliphatic rings. The van der Waals surface area contributed by atoms with Crippen molar-refractivity contribution in [3.05, 3.63) is 63.3 Å². The first-order valence-corrected chi connectivity index (χ1v) is 9.61. The van der Waals surface area contributed by atoms with Gasteiger partial charge >= 0.3 is 0 Å². The number of benzene rings is 2. The first kappa shape index (κ1) is 21.0. The molecule has 0 aliphatic heterocycles. The van der Waals surface area contributed by atoms with Gasteiger partial charge in [0.1, 0.15) is 17.0 Å². The van der Waals surface area contributed by atoms with E-state index in [1.807, 2.05) is 18.2 Å². The molecule has 0 radical (unpaired) electrons. The summed E-state index contributed by atoms with van der Waals surface area (Å²) in [6, 6.07) is 10.7. The Kier molecular flexibility index (Phi) is 6.67. The number of nitrogens with one attached hydrogen (secondary N) is 1. The molecular weight excluding hydrogens is 415 g/mol. The molecule has 0 aliphatic carbocycles. The predicted molar refractivity (Wildman–Crippen MR) is 112 cm³/mol. The van der Waals surface area contributed by atoms with Crippen LogP contribution in [0, 0.1) is 6.92 Å². The van der Waals surface area contributed by atoms with Crippen molar-refractivity contribution in [2.45, 2.75) is 13.3 Å². The van der Waals surface area contributed by atoms with Crippen LogP contribution in [0.1, 0.15) is 21.7 Å². The Balaban J connectivity index is 1.75. The molecule has 0 unspecified atom stereocenters. The van der Waals surface area contributed by atoms with E-state index in [2.05, 4.69) is 10.5 Å². The van der Waals surface area contributed by atoms with Gasteiger partial charge in [-0.2, -0.15) is 0 Å². The van der Waals surface area contributed by atoms with E-state index in [-0.39, 0.29) is 5.91 Å². The standard InChI is InChI=1S/C21H20Cl2N2O4/c1-12-18(20(25-29-12)19-14(22)5-4-6-15(19)23)21(26)24-10-9-13-7-8-16(27-2)17(11-13)28-3/h4-8,11H,9-10H2,1-3H3,(H,24,26). The van der Waals surface area contributed by atoms with Crippen LogP contribution in [0.3, 0.4) is 0 Å². The average Bonchev–Trinajstić information content (AvgIpc) is 3.08. The lowest BCUT2D eigenvalue weighted by Crippen LogP contribution is -2.26. The summed E-state index contributed by atoms with van der Waals surface area (Å²) in [4.78, 5) is 12.8. The average molecular weight is 435 g/mol. The van der Waals surface area contributed by atoms with Gasteiger partial charge < -0.3 is 19.3 Å². The summed E-state index contributed by atoms with van der Waals surface area (Å²) in [5, 5.41) is 7.68. The fraction of sp³-hybridized carbons (Fsp3) is 0.238. The Morgan fingerprint density at radius 2 is 1.79 bits per heavy atom. The number of rotatable bonds is 7. The SMILES string of the molecule is COc1ccc(CCNC(=O)c2c(-c3c(Cl)cccc3Cl)noc2C)cc1OC. The van der Waals surface area contributed by atoms with Crippen molar-refractivity contribution in [2.24, 2.45) is 0 Å². The molecule has 29 heavy (non-hydrogen) atoms. The zero-order valence-corrected chi connectivity index (χ0v) is 17.7. The minimum absolute atomic E-state index is 0.310. The number of methoxy groups -OCH3 is 2. The Morgan fingerprint density at radius 3 is 2.45 bits per heavy atom. The van der Waals surface area contributed by atoms with Crippen molar-refractivity contribution in [1.29, 1.82) is 0 Å². The molecule has 8 heteroatoms. The molecule has 1 heterocycles. The molecule has 152 valence electrons. The Hall–Kier alpha value is -2.70. The molecule has 0 bridgehead atoms. The minimum atomic E-state index is -0.310. The maximum atomic E-state index is 12.8. The van der Waals surface area contributed by atoms with E-state index in [9.17, 15) is 4.79 Å². The molecule has 0 saturated carbocycles. The van der Waals surface area contributed by atoms with Crippen LogP contribution >= 0.6 is 23.2 Å². The van der Waals surface area contributed by atoms with Crippen LogP contribution in [-0.2, 0) is 6.42 Å². The molecule has 0 spiro atoms. The number of aryl methyl sites for hydroxylation is 1. The number of carbonyl (C=O) groups is 1. The van der Waals surface area contributed by atoms with E-state index >= 15 is 0 Å². The molecular formula is C21H20Cl2N2O4. The van der Waals surface area contributed by atoms with E-state index in [1.54, 1.807) is 39.3 Å². The summed E-state index contributed by atoms with van der Waals surface area (Å²) < 4.78 is 15.8. The van der Waals surface area contributed by atoms with Gasteiger partial charge in [0.2, 0.25) is 0 Å². The lowest BCUT2D eigenvalue weighted by molar-refractivity contribution is 0.0953. The van der Waals surface area contributed by atoms with Gasteiger partial charge in [-0.3, -0.25) is 4.79 Å². The zero-order valence-electron chi connectivity index (χ0n) is 16.2. The quantitative estimate of drug-likeness (QED) is 0.569. The number of halogens is 2. The van der Waals surface area contributed by atoms with Gasteiger partial charge in [0.15, 0.2) is 11.5 Å². The van der Waals surface area contributed by atoms with Crippen LogP contribution in [0.15, 0.2) is 40.9 Å². The van der Waals surface area contributed by atoms with Crippen LogP contribution in [0.2, 0.25) is 10.0 Å². The van der Waals surface area contributed by atoms with E-state index < -0.39 is 0 Å². The molecule has 0 atom stereocenters. The van der Waals surface area contributed by atoms with Crippen LogP contribution < -0.4 is 14.8 Å². The Morgan fingerprint density at radius 1 is 1.10 bits per heavy atom. The predicted octanol–water partition coefficient (Wildman–Crippen LogP) is 4.95. The van der Waals surface area contributed by atoms with Crippen molar-refractivity contribution >= 4 is 29.1 Å². The third kappa shape index (κ3) is 4.49. The van der Waals surface area contributed by atoms with Crippen LogP contribution in [-0.4, -0.2) is 31.8 Å². The number of hydrogen-bond donors (Lipinski definition) is 1. The second kappa shape index (κ2) is 9.20. The highest BCUT2D eigenvalue weighted by Gasteiger charge is 2.24. The van der Waals surface area contributed by atoms with Crippen molar-refractivity contribution < 1.29 is 18.8 Å². The van der Waals surface area contributed by atoms with Crippen LogP contribution in [0.5, 0.6) is 11.5 Å². The highest BCUT2D eigenvalue weighted by Crippen LogP contribution is 2.36. The lowest BCUT2D eigenvalue weighted by atomic mass is 10.1. The monoisotopic (exact) mass is 434 g/mol. The second-order valence-corrected chi connectivity index (χ2v) is 7.07.